The van der Waals surface area contributed by atoms with Crippen molar-refractivity contribution in [1.82, 2.24) is 0 Å². The standard InChI is InChI=1S/C10H18O2/c1-6-5-11-10-8(3)12-7(2)4-9(6)10/h6-10H,4-5H2,1-3H3. The zero-order valence-electron chi connectivity index (χ0n) is 8.12. The normalized spacial score (nSPS) is 53.8. The lowest BCUT2D eigenvalue weighted by Crippen LogP contribution is -2.41. The van der Waals surface area contributed by atoms with Crippen molar-refractivity contribution < 1.29 is 9.47 Å². The Morgan fingerprint density at radius 3 is 2.67 bits per heavy atom. The highest BCUT2D eigenvalue weighted by Crippen LogP contribution is 2.37. The van der Waals surface area contributed by atoms with E-state index in [-0.39, 0.29) is 0 Å². The van der Waals surface area contributed by atoms with E-state index in [9.17, 15) is 0 Å². The van der Waals surface area contributed by atoms with Crippen LogP contribution in [0.5, 0.6) is 0 Å². The molecule has 2 fully saturated rings. The van der Waals surface area contributed by atoms with E-state index in [1.54, 1.807) is 0 Å². The topological polar surface area (TPSA) is 18.5 Å². The van der Waals surface area contributed by atoms with Crippen LogP contribution in [0.15, 0.2) is 0 Å². The summed E-state index contributed by atoms with van der Waals surface area (Å²) < 4.78 is 11.4. The van der Waals surface area contributed by atoms with Gasteiger partial charge >= 0.3 is 0 Å². The zero-order chi connectivity index (χ0) is 8.72. The van der Waals surface area contributed by atoms with Crippen molar-refractivity contribution >= 4 is 0 Å². The molecule has 2 heterocycles. The Hall–Kier alpha value is -0.0800. The van der Waals surface area contributed by atoms with Crippen LogP contribution >= 0.6 is 0 Å². The fourth-order valence-corrected chi connectivity index (χ4v) is 2.57. The van der Waals surface area contributed by atoms with Crippen LogP contribution in [-0.2, 0) is 9.47 Å². The average Bonchev–Trinajstić information content (AvgIpc) is 2.33. The van der Waals surface area contributed by atoms with Gasteiger partial charge in [-0.25, -0.2) is 0 Å². The van der Waals surface area contributed by atoms with E-state index in [0.29, 0.717) is 18.3 Å². The maximum Gasteiger partial charge on any atom is 0.0866 e. The van der Waals surface area contributed by atoms with Crippen molar-refractivity contribution in [2.75, 3.05) is 6.61 Å². The summed E-state index contributed by atoms with van der Waals surface area (Å²) in [5.41, 5.74) is 0. The molecule has 0 saturated carbocycles. The molecular weight excluding hydrogens is 152 g/mol. The predicted octanol–water partition coefficient (Wildman–Crippen LogP) is 1.83. The van der Waals surface area contributed by atoms with E-state index in [4.69, 9.17) is 9.47 Å². The molecule has 5 atom stereocenters. The molecule has 70 valence electrons. The van der Waals surface area contributed by atoms with Crippen LogP contribution < -0.4 is 0 Å². The zero-order valence-corrected chi connectivity index (χ0v) is 8.12. The minimum Gasteiger partial charge on any atom is -0.375 e. The molecule has 2 rings (SSSR count). The molecule has 2 heteroatoms. The molecule has 2 aliphatic heterocycles. The fourth-order valence-electron chi connectivity index (χ4n) is 2.57. The van der Waals surface area contributed by atoms with Gasteiger partial charge in [0, 0.05) is 0 Å². The predicted molar refractivity (Wildman–Crippen MR) is 47.0 cm³/mol. The molecule has 0 aromatic carbocycles. The van der Waals surface area contributed by atoms with Gasteiger partial charge in [0.2, 0.25) is 0 Å². The lowest BCUT2D eigenvalue weighted by molar-refractivity contribution is -0.122. The van der Waals surface area contributed by atoms with Gasteiger partial charge in [0.05, 0.1) is 24.9 Å². The summed E-state index contributed by atoms with van der Waals surface area (Å²) in [5, 5.41) is 0. The van der Waals surface area contributed by atoms with Crippen molar-refractivity contribution in [3.63, 3.8) is 0 Å². The fraction of sp³-hybridized carbons (Fsp3) is 1.00. The minimum absolute atomic E-state index is 0.295. The molecular formula is C10H18O2. The smallest absolute Gasteiger partial charge is 0.0866 e. The number of hydrogen-bond acceptors (Lipinski definition) is 2. The summed E-state index contributed by atoms with van der Waals surface area (Å²) in [6.45, 7) is 7.51. The van der Waals surface area contributed by atoms with E-state index in [2.05, 4.69) is 20.8 Å². The van der Waals surface area contributed by atoms with Crippen molar-refractivity contribution in [3.05, 3.63) is 0 Å². The molecule has 2 saturated heterocycles. The van der Waals surface area contributed by atoms with Crippen molar-refractivity contribution in [2.45, 2.75) is 45.5 Å². The molecule has 0 N–H and O–H groups in total. The highest BCUT2D eigenvalue weighted by atomic mass is 16.6. The van der Waals surface area contributed by atoms with Gasteiger partial charge in [-0.1, -0.05) is 6.92 Å². The summed E-state index contributed by atoms with van der Waals surface area (Å²) >= 11 is 0. The first kappa shape index (κ1) is 8.52. The van der Waals surface area contributed by atoms with Gasteiger partial charge < -0.3 is 9.47 Å². The van der Waals surface area contributed by atoms with Gasteiger partial charge in [0.15, 0.2) is 0 Å². The largest absolute Gasteiger partial charge is 0.375 e. The first-order chi connectivity index (χ1) is 5.68. The van der Waals surface area contributed by atoms with E-state index < -0.39 is 0 Å². The molecule has 0 aromatic heterocycles. The third kappa shape index (κ3) is 1.27. The third-order valence-corrected chi connectivity index (χ3v) is 3.22. The molecule has 0 aliphatic carbocycles. The van der Waals surface area contributed by atoms with Gasteiger partial charge in [0.25, 0.3) is 0 Å². The van der Waals surface area contributed by atoms with Crippen LogP contribution in [0.4, 0.5) is 0 Å². The van der Waals surface area contributed by atoms with Gasteiger partial charge in [-0.05, 0) is 32.1 Å². The second kappa shape index (κ2) is 3.00. The van der Waals surface area contributed by atoms with Crippen LogP contribution in [0.2, 0.25) is 0 Å². The van der Waals surface area contributed by atoms with Crippen molar-refractivity contribution in [2.24, 2.45) is 11.8 Å². The maximum absolute atomic E-state index is 5.72. The molecule has 0 bridgehead atoms. The molecule has 0 spiro atoms. The molecule has 5 unspecified atom stereocenters. The van der Waals surface area contributed by atoms with Crippen molar-refractivity contribution in [3.8, 4) is 0 Å². The summed E-state index contributed by atoms with van der Waals surface area (Å²) in [6.07, 6.45) is 2.26. The van der Waals surface area contributed by atoms with Crippen LogP contribution in [0.1, 0.15) is 27.2 Å². The highest BCUT2D eigenvalue weighted by Gasteiger charge is 2.42. The molecule has 12 heavy (non-hydrogen) atoms. The highest BCUT2D eigenvalue weighted by molar-refractivity contribution is 4.90. The van der Waals surface area contributed by atoms with E-state index in [0.717, 1.165) is 18.4 Å². The van der Waals surface area contributed by atoms with Crippen LogP contribution in [0.25, 0.3) is 0 Å². The van der Waals surface area contributed by atoms with Crippen LogP contribution in [0.3, 0.4) is 0 Å². The van der Waals surface area contributed by atoms with Gasteiger partial charge in [0.1, 0.15) is 0 Å². The number of ether oxygens (including phenoxy) is 2. The van der Waals surface area contributed by atoms with E-state index >= 15 is 0 Å². The van der Waals surface area contributed by atoms with E-state index in [1.165, 1.54) is 6.42 Å². The number of hydrogen-bond donors (Lipinski definition) is 0. The monoisotopic (exact) mass is 170 g/mol. The summed E-state index contributed by atoms with van der Waals surface area (Å²) in [6, 6.07) is 0. The van der Waals surface area contributed by atoms with Gasteiger partial charge in [-0.3, -0.25) is 0 Å². The molecule has 0 aromatic rings. The molecule has 0 amide bonds. The summed E-state index contributed by atoms with van der Waals surface area (Å²) in [4.78, 5) is 0. The Balaban J connectivity index is 2.08. The van der Waals surface area contributed by atoms with E-state index in [1.807, 2.05) is 0 Å². The molecule has 2 aliphatic rings. The minimum atomic E-state index is 0.295. The van der Waals surface area contributed by atoms with Crippen LogP contribution in [-0.4, -0.2) is 24.9 Å². The Labute approximate surface area is 74.2 Å². The summed E-state index contributed by atoms with van der Waals surface area (Å²) in [5.74, 6) is 1.47. The number of rotatable bonds is 0. The second-order valence-corrected chi connectivity index (χ2v) is 4.33. The lowest BCUT2D eigenvalue weighted by Gasteiger charge is -2.35. The van der Waals surface area contributed by atoms with Crippen LogP contribution in [0, 0.1) is 11.8 Å². The lowest BCUT2D eigenvalue weighted by atomic mass is 9.83. The Morgan fingerprint density at radius 2 is 1.92 bits per heavy atom. The van der Waals surface area contributed by atoms with Gasteiger partial charge in [-0.2, -0.15) is 0 Å². The first-order valence-corrected chi connectivity index (χ1v) is 4.95. The second-order valence-electron chi connectivity index (χ2n) is 4.33. The van der Waals surface area contributed by atoms with Gasteiger partial charge in [-0.15, -0.1) is 0 Å². The molecule has 0 radical (unpaired) electrons. The summed E-state index contributed by atoms with van der Waals surface area (Å²) in [7, 11) is 0. The quantitative estimate of drug-likeness (QED) is 0.552. The number of fused-ring (bicyclic) bond motifs is 1. The first-order valence-electron chi connectivity index (χ1n) is 4.95. The SMILES string of the molecule is CC1CC2C(C)COC2C(C)O1. The molecule has 2 nitrogen and oxygen atoms in total. The van der Waals surface area contributed by atoms with Crippen molar-refractivity contribution in [1.29, 1.82) is 0 Å². The Bertz CT molecular complexity index is 169. The third-order valence-electron chi connectivity index (χ3n) is 3.22. The Morgan fingerprint density at radius 1 is 1.17 bits per heavy atom. The maximum atomic E-state index is 5.72. The Kier molecular flexibility index (Phi) is 2.13. The average molecular weight is 170 g/mol.